The zero-order valence-corrected chi connectivity index (χ0v) is 10.3. The minimum Gasteiger partial charge on any atom is -0.480 e. The van der Waals surface area contributed by atoms with Gasteiger partial charge < -0.3 is 15.3 Å². The number of fused-ring (bicyclic) bond motifs is 3. The van der Waals surface area contributed by atoms with Crippen LogP contribution in [0.2, 0.25) is 0 Å². The van der Waals surface area contributed by atoms with Crippen molar-refractivity contribution in [1.29, 1.82) is 0 Å². The molecule has 94 valence electrons. The van der Waals surface area contributed by atoms with Crippen molar-refractivity contribution in [1.82, 2.24) is 10.2 Å². The van der Waals surface area contributed by atoms with Crippen molar-refractivity contribution in [2.45, 2.75) is 42.6 Å². The molecule has 3 aliphatic heterocycles. The van der Waals surface area contributed by atoms with Gasteiger partial charge in [-0.1, -0.05) is 0 Å². The van der Waals surface area contributed by atoms with Crippen molar-refractivity contribution in [3.05, 3.63) is 0 Å². The molecule has 0 saturated carbocycles. The van der Waals surface area contributed by atoms with Crippen molar-refractivity contribution in [2.75, 3.05) is 12.3 Å². The van der Waals surface area contributed by atoms with Crippen LogP contribution in [0, 0.1) is 0 Å². The number of rotatable bonds is 1. The van der Waals surface area contributed by atoms with Crippen LogP contribution in [0.1, 0.15) is 19.3 Å². The predicted molar refractivity (Wildman–Crippen MR) is 63.9 cm³/mol. The lowest BCUT2D eigenvalue weighted by molar-refractivity contribution is -0.150. The second kappa shape index (κ2) is 4.17. The van der Waals surface area contributed by atoms with Crippen molar-refractivity contribution in [2.24, 2.45) is 0 Å². The Morgan fingerprint density at radius 2 is 2.29 bits per heavy atom. The molecule has 2 N–H and O–H groups in total. The quantitative estimate of drug-likeness (QED) is 0.686. The molecule has 5 nitrogen and oxygen atoms in total. The second-order valence-electron chi connectivity index (χ2n) is 4.98. The third-order valence-corrected chi connectivity index (χ3v) is 5.36. The zero-order valence-electron chi connectivity index (χ0n) is 9.46. The van der Waals surface area contributed by atoms with Gasteiger partial charge in [-0.15, -0.1) is 0 Å². The number of hydrogen-bond donors (Lipinski definition) is 2. The molecule has 0 aromatic carbocycles. The predicted octanol–water partition coefficient (Wildman–Crippen LogP) is -0.0921. The van der Waals surface area contributed by atoms with E-state index in [2.05, 4.69) is 5.32 Å². The van der Waals surface area contributed by atoms with Crippen molar-refractivity contribution < 1.29 is 14.7 Å². The highest BCUT2D eigenvalue weighted by molar-refractivity contribution is 8.00. The van der Waals surface area contributed by atoms with Gasteiger partial charge >= 0.3 is 5.97 Å². The highest BCUT2D eigenvalue weighted by Gasteiger charge is 2.46. The van der Waals surface area contributed by atoms with Crippen LogP contribution in [0.15, 0.2) is 0 Å². The van der Waals surface area contributed by atoms with Crippen molar-refractivity contribution in [3.63, 3.8) is 0 Å². The van der Waals surface area contributed by atoms with Gasteiger partial charge in [0.15, 0.2) is 0 Å². The summed E-state index contributed by atoms with van der Waals surface area (Å²) in [4.78, 5) is 25.2. The molecule has 0 radical (unpaired) electrons. The molecule has 0 aliphatic carbocycles. The first-order valence-electron chi connectivity index (χ1n) is 6.07. The van der Waals surface area contributed by atoms with E-state index < -0.39 is 12.0 Å². The average molecular weight is 256 g/mol. The maximum Gasteiger partial charge on any atom is 0.326 e. The Morgan fingerprint density at radius 3 is 3.06 bits per heavy atom. The van der Waals surface area contributed by atoms with Crippen LogP contribution in [-0.2, 0) is 9.59 Å². The van der Waals surface area contributed by atoms with Crippen LogP contribution in [-0.4, -0.2) is 57.6 Å². The van der Waals surface area contributed by atoms with E-state index in [0.29, 0.717) is 11.7 Å². The van der Waals surface area contributed by atoms with Gasteiger partial charge in [-0.05, 0) is 19.3 Å². The smallest absolute Gasteiger partial charge is 0.326 e. The molecule has 1 amide bonds. The fourth-order valence-electron chi connectivity index (χ4n) is 3.07. The van der Waals surface area contributed by atoms with E-state index in [9.17, 15) is 14.7 Å². The highest BCUT2D eigenvalue weighted by Crippen LogP contribution is 2.34. The lowest BCUT2D eigenvalue weighted by Crippen LogP contribution is -2.52. The van der Waals surface area contributed by atoms with E-state index in [1.54, 1.807) is 4.90 Å². The fraction of sp³-hybridized carbons (Fsp3) is 0.818. The first-order chi connectivity index (χ1) is 8.16. The lowest BCUT2D eigenvalue weighted by atomic mass is 10.1. The number of hydrogen-bond acceptors (Lipinski definition) is 4. The van der Waals surface area contributed by atoms with E-state index in [0.717, 1.165) is 25.1 Å². The summed E-state index contributed by atoms with van der Waals surface area (Å²) in [7, 11) is 0. The number of amides is 1. The Kier molecular flexibility index (Phi) is 2.78. The van der Waals surface area contributed by atoms with Crippen LogP contribution in [0.4, 0.5) is 0 Å². The van der Waals surface area contributed by atoms with Crippen LogP contribution in [0.3, 0.4) is 0 Å². The molecule has 3 heterocycles. The molecule has 17 heavy (non-hydrogen) atoms. The number of carbonyl (C=O) groups is 2. The van der Waals surface area contributed by atoms with Crippen molar-refractivity contribution >= 4 is 23.6 Å². The molecule has 3 saturated heterocycles. The Morgan fingerprint density at radius 1 is 1.47 bits per heavy atom. The number of carboxylic acids is 1. The number of thioether (sulfide) groups is 1. The van der Waals surface area contributed by atoms with Gasteiger partial charge in [0.2, 0.25) is 5.91 Å². The standard InChI is InChI=1S/C11H16N2O3S/c14-10-8-3-7(4-12-8)17-5-6-1-2-9(11(15)16)13(6)10/h6-9,12H,1-5H2,(H,15,16)/t6-,7-,8-,9-/m0/s1. The number of nitrogens with one attached hydrogen (secondary N) is 1. The minimum atomic E-state index is -0.860. The first kappa shape index (κ1) is 11.3. The van der Waals surface area contributed by atoms with Crippen LogP contribution < -0.4 is 5.32 Å². The van der Waals surface area contributed by atoms with E-state index in [4.69, 9.17) is 0 Å². The van der Waals surface area contributed by atoms with Crippen LogP contribution >= 0.6 is 11.8 Å². The van der Waals surface area contributed by atoms with Gasteiger partial charge in [-0.3, -0.25) is 4.79 Å². The van der Waals surface area contributed by atoms with Crippen molar-refractivity contribution in [3.8, 4) is 0 Å². The van der Waals surface area contributed by atoms with E-state index in [1.807, 2.05) is 11.8 Å². The third-order valence-electron chi connectivity index (χ3n) is 3.95. The highest BCUT2D eigenvalue weighted by atomic mass is 32.2. The molecule has 0 aromatic heterocycles. The molecular weight excluding hydrogens is 240 g/mol. The summed E-state index contributed by atoms with van der Waals surface area (Å²) in [6.07, 6.45) is 2.28. The van der Waals surface area contributed by atoms with Gasteiger partial charge in [0.05, 0.1) is 6.04 Å². The molecule has 4 atom stereocenters. The molecule has 0 spiro atoms. The zero-order chi connectivity index (χ0) is 12.0. The van der Waals surface area contributed by atoms with E-state index in [-0.39, 0.29) is 18.0 Å². The molecule has 0 unspecified atom stereocenters. The third kappa shape index (κ3) is 1.83. The summed E-state index contributed by atoms with van der Waals surface area (Å²) < 4.78 is 0. The second-order valence-corrected chi connectivity index (χ2v) is 6.32. The molecule has 2 bridgehead atoms. The van der Waals surface area contributed by atoms with Gasteiger partial charge in [0.25, 0.3) is 0 Å². The van der Waals surface area contributed by atoms with Crippen LogP contribution in [0.25, 0.3) is 0 Å². The lowest BCUT2D eigenvalue weighted by Gasteiger charge is -2.32. The van der Waals surface area contributed by atoms with Crippen LogP contribution in [0.5, 0.6) is 0 Å². The minimum absolute atomic E-state index is 0.00250. The summed E-state index contributed by atoms with van der Waals surface area (Å²) >= 11 is 1.88. The normalized spacial score (nSPS) is 40.9. The first-order valence-corrected chi connectivity index (χ1v) is 7.11. The molecule has 3 rings (SSSR count). The fourth-order valence-corrected chi connectivity index (χ4v) is 4.43. The summed E-state index contributed by atoms with van der Waals surface area (Å²) in [6, 6.07) is -0.638. The Hall–Kier alpha value is -0.750. The number of nitrogens with zero attached hydrogens (tertiary/aromatic N) is 1. The molecule has 6 heteroatoms. The molecule has 3 fully saturated rings. The Labute approximate surface area is 104 Å². The van der Waals surface area contributed by atoms with Gasteiger partial charge in [0, 0.05) is 23.6 Å². The molecular formula is C11H16N2O3S. The summed E-state index contributed by atoms with van der Waals surface area (Å²) in [5, 5.41) is 12.9. The maximum absolute atomic E-state index is 12.3. The maximum atomic E-state index is 12.3. The Balaban J connectivity index is 1.87. The summed E-state index contributed by atoms with van der Waals surface area (Å²) in [5.74, 6) is 0.0258. The number of carboxylic acid groups (broad SMARTS) is 1. The largest absolute Gasteiger partial charge is 0.480 e. The average Bonchev–Trinajstić information content (AvgIpc) is 2.90. The van der Waals surface area contributed by atoms with Gasteiger partial charge in [0.1, 0.15) is 6.04 Å². The topological polar surface area (TPSA) is 69.6 Å². The number of carbonyl (C=O) groups excluding carboxylic acids is 1. The molecule has 0 aromatic rings. The SMILES string of the molecule is O=C(O)[C@@H]1CC[C@H]2CS[C@@H]3CN[C@@H](C3)C(=O)N21. The van der Waals surface area contributed by atoms with Gasteiger partial charge in [-0.25, -0.2) is 4.79 Å². The summed E-state index contributed by atoms with van der Waals surface area (Å²) in [6.45, 7) is 0.874. The summed E-state index contributed by atoms with van der Waals surface area (Å²) in [5.41, 5.74) is 0. The van der Waals surface area contributed by atoms with E-state index >= 15 is 0 Å². The van der Waals surface area contributed by atoms with E-state index in [1.165, 1.54) is 0 Å². The Bertz CT molecular complexity index is 363. The number of aliphatic carboxylic acids is 1. The molecule has 3 aliphatic rings. The monoisotopic (exact) mass is 256 g/mol. The van der Waals surface area contributed by atoms with Gasteiger partial charge in [-0.2, -0.15) is 11.8 Å².